The van der Waals surface area contributed by atoms with Gasteiger partial charge < -0.3 is 14.6 Å². The Hall–Kier alpha value is -1.03. The molecule has 0 amide bonds. The van der Waals surface area contributed by atoms with Crippen LogP contribution in [0.3, 0.4) is 0 Å². The summed E-state index contributed by atoms with van der Waals surface area (Å²) in [4.78, 5) is 10.1. The Balaban J connectivity index is 3.24. The van der Waals surface area contributed by atoms with Crippen molar-refractivity contribution in [3.63, 3.8) is 0 Å². The monoisotopic (exact) mass is 174 g/mol. The Labute approximate surface area is 71.8 Å². The minimum absolute atomic E-state index is 0.0262. The maximum absolute atomic E-state index is 10.1. The lowest BCUT2D eigenvalue weighted by Gasteiger charge is -2.10. The van der Waals surface area contributed by atoms with Gasteiger partial charge in [-0.05, 0) is 6.92 Å². The van der Waals surface area contributed by atoms with Crippen LogP contribution in [-0.2, 0) is 14.3 Å². The summed E-state index contributed by atoms with van der Waals surface area (Å²) in [6.45, 7) is 5.81. The summed E-state index contributed by atoms with van der Waals surface area (Å²) in [7, 11) is 0. The van der Waals surface area contributed by atoms with E-state index in [1.165, 1.54) is 6.26 Å². The molecule has 0 aliphatic heterocycles. The van der Waals surface area contributed by atoms with E-state index >= 15 is 0 Å². The maximum Gasteiger partial charge on any atom is 0.305 e. The molecular formula is C8H14O4. The third kappa shape index (κ3) is 7.08. The van der Waals surface area contributed by atoms with Crippen LogP contribution in [0.2, 0.25) is 0 Å². The van der Waals surface area contributed by atoms with Crippen LogP contribution in [0.1, 0.15) is 13.3 Å². The van der Waals surface area contributed by atoms with E-state index in [1.54, 1.807) is 0 Å². The summed E-state index contributed by atoms with van der Waals surface area (Å²) in [6, 6.07) is 0. The van der Waals surface area contributed by atoms with Crippen molar-refractivity contribution in [2.24, 2.45) is 0 Å². The van der Waals surface area contributed by atoms with E-state index in [4.69, 9.17) is 14.6 Å². The quantitative estimate of drug-likeness (QED) is 0.585. The summed E-state index contributed by atoms with van der Waals surface area (Å²) in [6.07, 6.45) is 1.26. The molecule has 0 fully saturated rings. The SMILES string of the molecule is C=COCC(C)OCCC(=O)O. The molecule has 0 saturated carbocycles. The summed E-state index contributed by atoms with van der Waals surface area (Å²) >= 11 is 0. The minimum Gasteiger partial charge on any atom is -0.499 e. The lowest BCUT2D eigenvalue weighted by atomic mass is 10.4. The molecule has 0 heterocycles. The predicted octanol–water partition coefficient (Wildman–Crippen LogP) is 1.03. The van der Waals surface area contributed by atoms with Gasteiger partial charge in [-0.1, -0.05) is 6.58 Å². The highest BCUT2D eigenvalue weighted by Crippen LogP contribution is 1.93. The van der Waals surface area contributed by atoms with Crippen LogP contribution >= 0.6 is 0 Å². The Bertz CT molecular complexity index is 144. The molecule has 0 radical (unpaired) electrons. The van der Waals surface area contributed by atoms with Gasteiger partial charge in [0.1, 0.15) is 6.61 Å². The molecule has 0 spiro atoms. The van der Waals surface area contributed by atoms with E-state index in [0.717, 1.165) is 0 Å². The van der Waals surface area contributed by atoms with E-state index in [-0.39, 0.29) is 19.1 Å². The first-order valence-electron chi connectivity index (χ1n) is 3.72. The van der Waals surface area contributed by atoms with Crippen LogP contribution in [0.4, 0.5) is 0 Å². The smallest absolute Gasteiger partial charge is 0.305 e. The van der Waals surface area contributed by atoms with Crippen LogP contribution in [0, 0.1) is 0 Å². The molecule has 4 nitrogen and oxygen atoms in total. The minimum atomic E-state index is -0.855. The lowest BCUT2D eigenvalue weighted by Crippen LogP contribution is -2.16. The van der Waals surface area contributed by atoms with Gasteiger partial charge in [0.05, 0.1) is 25.4 Å². The second kappa shape index (κ2) is 6.67. The molecule has 0 aliphatic rings. The molecule has 1 N–H and O–H groups in total. The second-order valence-electron chi connectivity index (χ2n) is 2.33. The predicted molar refractivity (Wildman–Crippen MR) is 43.8 cm³/mol. The molecule has 1 unspecified atom stereocenters. The van der Waals surface area contributed by atoms with Gasteiger partial charge in [0.15, 0.2) is 0 Å². The first-order chi connectivity index (χ1) is 5.66. The van der Waals surface area contributed by atoms with E-state index in [0.29, 0.717) is 6.61 Å². The van der Waals surface area contributed by atoms with Crippen molar-refractivity contribution in [3.05, 3.63) is 12.8 Å². The van der Waals surface area contributed by atoms with Gasteiger partial charge in [-0.2, -0.15) is 0 Å². The second-order valence-corrected chi connectivity index (χ2v) is 2.33. The van der Waals surface area contributed by atoms with Crippen molar-refractivity contribution in [2.75, 3.05) is 13.2 Å². The first-order valence-corrected chi connectivity index (χ1v) is 3.72. The number of rotatable bonds is 7. The summed E-state index contributed by atoms with van der Waals surface area (Å²) < 4.78 is 9.95. The van der Waals surface area contributed by atoms with Crippen molar-refractivity contribution in [2.45, 2.75) is 19.4 Å². The fourth-order valence-corrected chi connectivity index (χ4v) is 0.599. The normalized spacial score (nSPS) is 12.1. The van der Waals surface area contributed by atoms with E-state index < -0.39 is 5.97 Å². The molecule has 0 saturated heterocycles. The van der Waals surface area contributed by atoms with Crippen molar-refractivity contribution in [1.29, 1.82) is 0 Å². The molecular weight excluding hydrogens is 160 g/mol. The molecule has 0 rings (SSSR count). The van der Waals surface area contributed by atoms with Crippen LogP contribution in [0.25, 0.3) is 0 Å². The van der Waals surface area contributed by atoms with Gasteiger partial charge in [-0.15, -0.1) is 0 Å². The van der Waals surface area contributed by atoms with Crippen LogP contribution in [-0.4, -0.2) is 30.4 Å². The molecule has 4 heteroatoms. The van der Waals surface area contributed by atoms with Gasteiger partial charge in [-0.25, -0.2) is 0 Å². The number of carboxylic acid groups (broad SMARTS) is 1. The van der Waals surface area contributed by atoms with Crippen molar-refractivity contribution >= 4 is 5.97 Å². The zero-order chi connectivity index (χ0) is 9.40. The molecule has 12 heavy (non-hydrogen) atoms. The molecule has 0 aromatic heterocycles. The third-order valence-electron chi connectivity index (χ3n) is 1.17. The topological polar surface area (TPSA) is 55.8 Å². The average molecular weight is 174 g/mol. The maximum atomic E-state index is 10.1. The molecule has 1 atom stereocenters. The van der Waals surface area contributed by atoms with Gasteiger partial charge in [0.2, 0.25) is 0 Å². The molecule has 0 aromatic carbocycles. The Morgan fingerprint density at radius 3 is 2.92 bits per heavy atom. The number of carbonyl (C=O) groups is 1. The van der Waals surface area contributed by atoms with E-state index in [1.807, 2.05) is 6.92 Å². The van der Waals surface area contributed by atoms with E-state index in [9.17, 15) is 4.79 Å². The Kier molecular flexibility index (Phi) is 6.09. The van der Waals surface area contributed by atoms with Gasteiger partial charge in [-0.3, -0.25) is 4.79 Å². The van der Waals surface area contributed by atoms with Crippen LogP contribution < -0.4 is 0 Å². The molecule has 0 bridgehead atoms. The molecule has 70 valence electrons. The van der Waals surface area contributed by atoms with Gasteiger partial charge in [0, 0.05) is 0 Å². The van der Waals surface area contributed by atoms with Gasteiger partial charge >= 0.3 is 5.97 Å². The summed E-state index contributed by atoms with van der Waals surface area (Å²) in [5.41, 5.74) is 0. The Morgan fingerprint density at radius 1 is 1.75 bits per heavy atom. The lowest BCUT2D eigenvalue weighted by molar-refractivity contribution is -0.138. The molecule has 0 aromatic rings. The fraction of sp³-hybridized carbons (Fsp3) is 0.625. The summed E-state index contributed by atoms with van der Waals surface area (Å²) in [5, 5.41) is 8.28. The zero-order valence-corrected chi connectivity index (χ0v) is 7.16. The van der Waals surface area contributed by atoms with Crippen molar-refractivity contribution in [3.8, 4) is 0 Å². The number of ether oxygens (including phenoxy) is 2. The van der Waals surface area contributed by atoms with Crippen LogP contribution in [0.5, 0.6) is 0 Å². The molecule has 0 aliphatic carbocycles. The number of aliphatic carboxylic acids is 1. The van der Waals surface area contributed by atoms with E-state index in [2.05, 4.69) is 6.58 Å². The third-order valence-corrected chi connectivity index (χ3v) is 1.17. The number of hydrogen-bond donors (Lipinski definition) is 1. The number of hydrogen-bond acceptors (Lipinski definition) is 3. The van der Waals surface area contributed by atoms with Crippen molar-refractivity contribution in [1.82, 2.24) is 0 Å². The Morgan fingerprint density at radius 2 is 2.42 bits per heavy atom. The highest BCUT2D eigenvalue weighted by Gasteiger charge is 2.02. The average Bonchev–Trinajstić information content (AvgIpc) is 2.00. The van der Waals surface area contributed by atoms with Gasteiger partial charge in [0.25, 0.3) is 0 Å². The summed E-state index contributed by atoms with van der Waals surface area (Å²) in [5.74, 6) is -0.855. The zero-order valence-electron chi connectivity index (χ0n) is 7.16. The van der Waals surface area contributed by atoms with Crippen molar-refractivity contribution < 1.29 is 19.4 Å². The highest BCUT2D eigenvalue weighted by molar-refractivity contribution is 5.66. The largest absolute Gasteiger partial charge is 0.499 e. The first kappa shape index (κ1) is 11.0. The highest BCUT2D eigenvalue weighted by atomic mass is 16.5. The number of carboxylic acids is 1. The fourth-order valence-electron chi connectivity index (χ4n) is 0.599. The standard InChI is InChI=1S/C8H14O4/c1-3-11-6-7(2)12-5-4-8(9)10/h3,7H,1,4-6H2,2H3,(H,9,10). The van der Waals surface area contributed by atoms with Crippen LogP contribution in [0.15, 0.2) is 12.8 Å².